The topological polar surface area (TPSA) is 112 Å². The van der Waals surface area contributed by atoms with Crippen molar-refractivity contribution in [2.24, 2.45) is 5.92 Å². The zero-order valence-corrected chi connectivity index (χ0v) is 33.0. The minimum absolute atomic E-state index is 0.0395. The van der Waals surface area contributed by atoms with Crippen LogP contribution in [0.3, 0.4) is 0 Å². The molecule has 0 radical (unpaired) electrons. The molecule has 4 heterocycles. The molecule has 4 aliphatic heterocycles. The van der Waals surface area contributed by atoms with Gasteiger partial charge in [0.25, 0.3) is 5.91 Å². The summed E-state index contributed by atoms with van der Waals surface area (Å²) in [6.07, 6.45) is 0.146. The molecule has 2 fully saturated rings. The first-order valence-electron chi connectivity index (χ1n) is 19.4. The fourth-order valence-electron chi connectivity index (χ4n) is 9.80. The highest BCUT2D eigenvalue weighted by molar-refractivity contribution is 6.91. The molecule has 5 atom stereocenters. The van der Waals surface area contributed by atoms with E-state index in [4.69, 9.17) is 9.47 Å². The van der Waals surface area contributed by atoms with Crippen LogP contribution in [0.5, 0.6) is 5.75 Å². The highest BCUT2D eigenvalue weighted by Gasteiger charge is 2.66. The molecule has 2 saturated heterocycles. The predicted molar refractivity (Wildman–Crippen MR) is 215 cm³/mol. The van der Waals surface area contributed by atoms with Gasteiger partial charge in [0.05, 0.1) is 59.1 Å². The lowest BCUT2D eigenvalue weighted by Gasteiger charge is -2.39. The Morgan fingerprint density at radius 2 is 1.67 bits per heavy atom. The number of rotatable bonds is 9. The molecule has 4 aromatic rings. The van der Waals surface area contributed by atoms with E-state index in [9.17, 15) is 14.7 Å². The maximum atomic E-state index is 15.2. The smallest absolute Gasteiger partial charge is 0.264 e. The van der Waals surface area contributed by atoms with E-state index in [1.165, 1.54) is 5.19 Å². The SMILES string of the molecule is COc1ccc([Si](C)(C)[C@@H]2[C@@H](CC(=O)N3Cc4ccccc4C[C@H]3CO)O[C@]3(C(=O)N(Cc4ccc(N5CCNCC5=O)cc4)c4ccccc43)[C@H]2C)cc1. The summed E-state index contributed by atoms with van der Waals surface area (Å²) in [7, 11) is -0.827. The van der Waals surface area contributed by atoms with Crippen LogP contribution < -0.4 is 25.0 Å². The molecule has 0 unspecified atom stereocenters. The van der Waals surface area contributed by atoms with Gasteiger partial charge in [-0.3, -0.25) is 14.4 Å². The molecule has 3 amide bonds. The summed E-state index contributed by atoms with van der Waals surface area (Å²) in [5, 5.41) is 14.8. The average molecular weight is 759 g/mol. The second kappa shape index (κ2) is 14.7. The van der Waals surface area contributed by atoms with Gasteiger partial charge in [0.2, 0.25) is 11.8 Å². The molecule has 11 heteroatoms. The minimum atomic E-state index is -2.48. The molecule has 1 spiro atoms. The first-order chi connectivity index (χ1) is 26.6. The van der Waals surface area contributed by atoms with E-state index in [-0.39, 0.29) is 48.3 Å². The van der Waals surface area contributed by atoms with Crippen LogP contribution in [0.1, 0.15) is 35.6 Å². The number of para-hydroxylation sites is 1. The minimum Gasteiger partial charge on any atom is -0.497 e. The van der Waals surface area contributed by atoms with Gasteiger partial charge < -0.3 is 34.6 Å². The second-order valence-electron chi connectivity index (χ2n) is 16.0. The Morgan fingerprint density at radius 3 is 2.38 bits per heavy atom. The van der Waals surface area contributed by atoms with Gasteiger partial charge in [-0.2, -0.15) is 0 Å². The molecular formula is C44H50N4O6Si. The lowest BCUT2D eigenvalue weighted by molar-refractivity contribution is -0.151. The number of piperazine rings is 1. The van der Waals surface area contributed by atoms with E-state index in [0.717, 1.165) is 45.9 Å². The molecule has 2 N–H and O–H groups in total. The lowest BCUT2D eigenvalue weighted by Crippen LogP contribution is -2.52. The van der Waals surface area contributed by atoms with Gasteiger partial charge in [-0.15, -0.1) is 0 Å². The largest absolute Gasteiger partial charge is 0.497 e. The number of benzene rings is 4. The Bertz CT molecular complexity index is 2090. The number of carbonyl (C=O) groups is 3. The van der Waals surface area contributed by atoms with Crippen LogP contribution >= 0.6 is 0 Å². The highest BCUT2D eigenvalue weighted by atomic mass is 28.3. The Balaban J connectivity index is 1.14. The van der Waals surface area contributed by atoms with Crippen molar-refractivity contribution in [3.63, 3.8) is 0 Å². The number of nitrogens with zero attached hydrogens (tertiary/aromatic N) is 3. The van der Waals surface area contributed by atoms with Crippen LogP contribution in [0.4, 0.5) is 11.4 Å². The zero-order chi connectivity index (χ0) is 38.5. The third kappa shape index (κ3) is 6.36. The Morgan fingerprint density at radius 1 is 0.964 bits per heavy atom. The average Bonchev–Trinajstić information content (AvgIpc) is 3.63. The lowest BCUT2D eigenvalue weighted by atomic mass is 9.82. The molecule has 4 aliphatic rings. The number of aliphatic hydroxyl groups excluding tert-OH is 1. The van der Waals surface area contributed by atoms with E-state index in [1.807, 2.05) is 82.6 Å². The number of hydrogen-bond acceptors (Lipinski definition) is 7. The maximum absolute atomic E-state index is 15.2. The van der Waals surface area contributed by atoms with Crippen molar-refractivity contribution in [1.29, 1.82) is 0 Å². The van der Waals surface area contributed by atoms with Crippen LogP contribution in [0, 0.1) is 5.92 Å². The summed E-state index contributed by atoms with van der Waals surface area (Å²) in [6, 6.07) is 31.8. The van der Waals surface area contributed by atoms with E-state index in [1.54, 1.807) is 12.0 Å². The number of aliphatic hydroxyl groups is 1. The van der Waals surface area contributed by atoms with E-state index >= 15 is 4.79 Å². The standard InChI is InChI=1S/C44H50N4O6Si/c1-29-42(55(3,4)36-19-17-35(53-2)18-20-36)39(24-40(50)47-27-32-10-6-5-9-31(32)23-34(47)28-49)54-44(29)37-11-7-8-12-38(37)48(43(44)52)26-30-13-15-33(16-14-30)46-22-21-45-25-41(46)51/h5-20,29,34,39,42,45,49H,21-28H2,1-4H3/t29-,34-,39+,42-,44+/m0/s1. The van der Waals surface area contributed by atoms with E-state index in [2.05, 4.69) is 49.6 Å². The second-order valence-corrected chi connectivity index (χ2v) is 20.7. The van der Waals surface area contributed by atoms with Crippen molar-refractivity contribution < 1.29 is 29.0 Å². The Labute approximate surface area is 324 Å². The number of carbonyl (C=O) groups excluding carboxylic acids is 3. The molecule has 10 nitrogen and oxygen atoms in total. The molecule has 0 aromatic heterocycles. The monoisotopic (exact) mass is 758 g/mol. The van der Waals surface area contributed by atoms with E-state index < -0.39 is 19.8 Å². The van der Waals surface area contributed by atoms with Crippen molar-refractivity contribution in [2.75, 3.05) is 43.2 Å². The van der Waals surface area contributed by atoms with Gasteiger partial charge >= 0.3 is 0 Å². The van der Waals surface area contributed by atoms with Crippen LogP contribution in [0.25, 0.3) is 0 Å². The van der Waals surface area contributed by atoms with Crippen molar-refractivity contribution >= 4 is 42.4 Å². The highest BCUT2D eigenvalue weighted by Crippen LogP contribution is 2.60. The molecular weight excluding hydrogens is 709 g/mol. The number of hydrogen-bond donors (Lipinski definition) is 2. The number of amides is 3. The first kappa shape index (κ1) is 37.1. The number of methoxy groups -OCH3 is 1. The normalized spacial score (nSPS) is 25.0. The van der Waals surface area contributed by atoms with Crippen molar-refractivity contribution in [3.8, 4) is 5.75 Å². The number of anilines is 2. The van der Waals surface area contributed by atoms with Crippen molar-refractivity contribution in [3.05, 3.63) is 119 Å². The summed E-state index contributed by atoms with van der Waals surface area (Å²) >= 11 is 0. The summed E-state index contributed by atoms with van der Waals surface area (Å²) in [6.45, 7) is 9.08. The third-order valence-electron chi connectivity index (χ3n) is 12.7. The quantitative estimate of drug-likeness (QED) is 0.238. The molecule has 8 rings (SSSR count). The summed E-state index contributed by atoms with van der Waals surface area (Å²) in [4.78, 5) is 47.8. The summed E-state index contributed by atoms with van der Waals surface area (Å²) in [5.74, 6) is 0.353. The Hall–Kier alpha value is -4.81. The molecule has 286 valence electrons. The van der Waals surface area contributed by atoms with Gasteiger partial charge in [0, 0.05) is 36.8 Å². The molecule has 4 aromatic carbocycles. The van der Waals surface area contributed by atoms with Gasteiger partial charge in [-0.25, -0.2) is 0 Å². The third-order valence-corrected chi connectivity index (χ3v) is 17.0. The van der Waals surface area contributed by atoms with E-state index in [0.29, 0.717) is 32.6 Å². The molecule has 0 aliphatic carbocycles. The summed E-state index contributed by atoms with van der Waals surface area (Å²) < 4.78 is 12.8. The van der Waals surface area contributed by atoms with Gasteiger partial charge in [-0.1, -0.05) is 91.9 Å². The van der Waals surface area contributed by atoms with Crippen molar-refractivity contribution in [2.45, 2.75) is 69.2 Å². The van der Waals surface area contributed by atoms with Gasteiger partial charge in [0.15, 0.2) is 5.60 Å². The fourth-order valence-corrected chi connectivity index (χ4v) is 13.8. The van der Waals surface area contributed by atoms with Crippen LogP contribution in [-0.4, -0.2) is 81.3 Å². The molecule has 55 heavy (non-hydrogen) atoms. The summed E-state index contributed by atoms with van der Waals surface area (Å²) in [5.41, 5.74) is 4.26. The van der Waals surface area contributed by atoms with Gasteiger partial charge in [-0.05, 0) is 59.0 Å². The fraction of sp³-hybridized carbons (Fsp3) is 0.386. The first-order valence-corrected chi connectivity index (χ1v) is 22.5. The van der Waals surface area contributed by atoms with Gasteiger partial charge in [0.1, 0.15) is 5.75 Å². The Kier molecular flexibility index (Phi) is 9.91. The number of ether oxygens (including phenoxy) is 2. The molecule has 0 bridgehead atoms. The van der Waals surface area contributed by atoms with Crippen molar-refractivity contribution in [1.82, 2.24) is 10.2 Å². The maximum Gasteiger partial charge on any atom is 0.264 e. The zero-order valence-electron chi connectivity index (χ0n) is 32.0. The van der Waals surface area contributed by atoms with Crippen LogP contribution in [0.2, 0.25) is 18.6 Å². The predicted octanol–water partition coefficient (Wildman–Crippen LogP) is 4.73. The number of fused-ring (bicyclic) bond motifs is 3. The number of nitrogens with one attached hydrogen (secondary N) is 1. The van der Waals surface area contributed by atoms with Crippen LogP contribution in [0.15, 0.2) is 97.1 Å². The van der Waals surface area contributed by atoms with Crippen LogP contribution in [-0.2, 0) is 44.2 Å². The molecule has 0 saturated carbocycles.